The van der Waals surface area contributed by atoms with Crippen LogP contribution in [0, 0.1) is 6.92 Å². The average molecular weight is 289 g/mol. The van der Waals surface area contributed by atoms with Crippen LogP contribution in [-0.2, 0) is 6.61 Å². The lowest BCUT2D eigenvalue weighted by Crippen LogP contribution is -2.05. The largest absolute Gasteiger partial charge is 0.390 e. The zero-order valence-corrected chi connectivity index (χ0v) is 12.4. The van der Waals surface area contributed by atoms with Crippen molar-refractivity contribution in [2.24, 2.45) is 0 Å². The predicted octanol–water partition coefficient (Wildman–Crippen LogP) is 3.10. The standard InChI is InChI=1S/C15H19N3OS/c1-11-14(10-19)18(12-5-4-8-16-9-12)15(17-11)20-13-6-2-3-7-13/h4-5,8-9,13,19H,2-3,6-7,10H2,1H3. The number of aliphatic hydroxyl groups excluding tert-OH is 1. The summed E-state index contributed by atoms with van der Waals surface area (Å²) in [5.74, 6) is 0. The van der Waals surface area contributed by atoms with Crippen LogP contribution in [0.2, 0.25) is 0 Å². The van der Waals surface area contributed by atoms with E-state index in [0.29, 0.717) is 5.25 Å². The molecule has 2 aromatic rings. The third-order valence-electron chi connectivity index (χ3n) is 3.77. The van der Waals surface area contributed by atoms with Gasteiger partial charge >= 0.3 is 0 Å². The second kappa shape index (κ2) is 5.97. The van der Waals surface area contributed by atoms with Crippen LogP contribution in [0.25, 0.3) is 5.69 Å². The Morgan fingerprint density at radius 2 is 2.20 bits per heavy atom. The number of imidazole rings is 1. The van der Waals surface area contributed by atoms with Crippen LogP contribution in [0.1, 0.15) is 37.1 Å². The molecule has 2 heterocycles. The van der Waals surface area contributed by atoms with E-state index in [1.807, 2.05) is 41.6 Å². The maximum absolute atomic E-state index is 9.64. The Morgan fingerprint density at radius 3 is 2.85 bits per heavy atom. The Hall–Kier alpha value is -1.33. The van der Waals surface area contributed by atoms with Gasteiger partial charge in [-0.05, 0) is 31.9 Å². The Kier molecular flexibility index (Phi) is 4.08. The molecule has 0 aromatic carbocycles. The van der Waals surface area contributed by atoms with Gasteiger partial charge in [0.05, 0.1) is 29.9 Å². The summed E-state index contributed by atoms with van der Waals surface area (Å²) in [7, 11) is 0. The summed E-state index contributed by atoms with van der Waals surface area (Å²) in [5.41, 5.74) is 2.73. The highest BCUT2D eigenvalue weighted by molar-refractivity contribution is 7.99. The lowest BCUT2D eigenvalue weighted by Gasteiger charge is -2.12. The van der Waals surface area contributed by atoms with Gasteiger partial charge in [-0.3, -0.25) is 9.55 Å². The van der Waals surface area contributed by atoms with Gasteiger partial charge in [0.15, 0.2) is 5.16 Å². The molecule has 1 saturated carbocycles. The summed E-state index contributed by atoms with van der Waals surface area (Å²) >= 11 is 1.84. The minimum atomic E-state index is -0.00104. The molecule has 1 fully saturated rings. The van der Waals surface area contributed by atoms with E-state index in [4.69, 9.17) is 0 Å². The summed E-state index contributed by atoms with van der Waals surface area (Å²) in [6.07, 6.45) is 8.74. The van der Waals surface area contributed by atoms with Crippen molar-refractivity contribution >= 4 is 11.8 Å². The number of aromatic nitrogens is 3. The molecule has 0 unspecified atom stereocenters. The summed E-state index contributed by atoms with van der Waals surface area (Å²) in [6, 6.07) is 3.92. The number of pyridine rings is 1. The van der Waals surface area contributed by atoms with Crippen molar-refractivity contribution < 1.29 is 5.11 Å². The fourth-order valence-electron chi connectivity index (χ4n) is 2.71. The van der Waals surface area contributed by atoms with Gasteiger partial charge < -0.3 is 5.11 Å². The second-order valence-electron chi connectivity index (χ2n) is 5.16. The van der Waals surface area contributed by atoms with E-state index in [1.165, 1.54) is 25.7 Å². The molecule has 3 rings (SSSR count). The van der Waals surface area contributed by atoms with Gasteiger partial charge in [-0.1, -0.05) is 24.6 Å². The Morgan fingerprint density at radius 1 is 1.40 bits per heavy atom. The molecule has 1 aliphatic carbocycles. The molecule has 1 aliphatic rings. The van der Waals surface area contributed by atoms with Crippen LogP contribution >= 0.6 is 11.8 Å². The van der Waals surface area contributed by atoms with Gasteiger partial charge in [-0.2, -0.15) is 0 Å². The Labute approximate surface area is 123 Å². The van der Waals surface area contributed by atoms with Crippen molar-refractivity contribution in [3.8, 4) is 5.69 Å². The van der Waals surface area contributed by atoms with E-state index in [0.717, 1.165) is 22.2 Å². The van der Waals surface area contributed by atoms with Crippen molar-refractivity contribution in [3.05, 3.63) is 35.9 Å². The maximum Gasteiger partial charge on any atom is 0.173 e. The first-order valence-electron chi connectivity index (χ1n) is 7.05. The highest BCUT2D eigenvalue weighted by atomic mass is 32.2. The van der Waals surface area contributed by atoms with E-state index in [9.17, 15) is 5.11 Å². The van der Waals surface area contributed by atoms with Crippen LogP contribution in [0.15, 0.2) is 29.7 Å². The van der Waals surface area contributed by atoms with Gasteiger partial charge in [0, 0.05) is 11.4 Å². The fraction of sp³-hybridized carbons (Fsp3) is 0.467. The van der Waals surface area contributed by atoms with Crippen molar-refractivity contribution in [1.29, 1.82) is 0 Å². The molecular weight excluding hydrogens is 270 g/mol. The van der Waals surface area contributed by atoms with Crippen LogP contribution < -0.4 is 0 Å². The average Bonchev–Trinajstić information content (AvgIpc) is 3.07. The minimum Gasteiger partial charge on any atom is -0.390 e. The molecule has 5 heteroatoms. The lowest BCUT2D eigenvalue weighted by molar-refractivity contribution is 0.273. The molecule has 0 saturated heterocycles. The van der Waals surface area contributed by atoms with Crippen molar-refractivity contribution in [1.82, 2.24) is 14.5 Å². The van der Waals surface area contributed by atoms with E-state index >= 15 is 0 Å². The highest BCUT2D eigenvalue weighted by Gasteiger charge is 2.22. The zero-order valence-electron chi connectivity index (χ0n) is 11.6. The van der Waals surface area contributed by atoms with Crippen molar-refractivity contribution in [2.45, 2.75) is 49.6 Å². The number of nitrogens with zero attached hydrogens (tertiary/aromatic N) is 3. The SMILES string of the molecule is Cc1nc(SC2CCCC2)n(-c2cccnc2)c1CO. The molecule has 0 aliphatic heterocycles. The molecule has 2 aromatic heterocycles. The normalized spacial score (nSPS) is 15.9. The number of rotatable bonds is 4. The zero-order chi connectivity index (χ0) is 13.9. The minimum absolute atomic E-state index is 0.00104. The first-order valence-corrected chi connectivity index (χ1v) is 7.93. The summed E-state index contributed by atoms with van der Waals surface area (Å²) in [4.78, 5) is 8.84. The summed E-state index contributed by atoms with van der Waals surface area (Å²) < 4.78 is 2.05. The number of aliphatic hydroxyl groups is 1. The maximum atomic E-state index is 9.64. The van der Waals surface area contributed by atoms with E-state index < -0.39 is 0 Å². The van der Waals surface area contributed by atoms with E-state index in [2.05, 4.69) is 9.97 Å². The Balaban J connectivity index is 2.00. The summed E-state index contributed by atoms with van der Waals surface area (Å²) in [6.45, 7) is 1.95. The predicted molar refractivity (Wildman–Crippen MR) is 80.1 cm³/mol. The second-order valence-corrected chi connectivity index (χ2v) is 6.42. The monoisotopic (exact) mass is 289 g/mol. The van der Waals surface area contributed by atoms with Gasteiger partial charge in [-0.25, -0.2) is 4.98 Å². The molecule has 106 valence electrons. The number of hydrogen-bond acceptors (Lipinski definition) is 4. The quantitative estimate of drug-likeness (QED) is 0.939. The first-order chi connectivity index (χ1) is 9.79. The molecule has 0 atom stereocenters. The molecular formula is C15H19N3OS. The van der Waals surface area contributed by atoms with Gasteiger partial charge in [0.1, 0.15) is 0 Å². The van der Waals surface area contributed by atoms with Crippen LogP contribution in [-0.4, -0.2) is 24.9 Å². The lowest BCUT2D eigenvalue weighted by atomic mass is 10.3. The van der Waals surface area contributed by atoms with Crippen LogP contribution in [0.3, 0.4) is 0 Å². The summed E-state index contributed by atoms with van der Waals surface area (Å²) in [5, 5.41) is 11.3. The highest BCUT2D eigenvalue weighted by Crippen LogP contribution is 2.36. The van der Waals surface area contributed by atoms with Gasteiger partial charge in [0.25, 0.3) is 0 Å². The smallest absolute Gasteiger partial charge is 0.173 e. The number of aryl methyl sites for hydroxylation is 1. The van der Waals surface area contributed by atoms with E-state index in [-0.39, 0.29) is 6.61 Å². The molecule has 4 nitrogen and oxygen atoms in total. The molecule has 1 N–H and O–H groups in total. The third-order valence-corrected chi connectivity index (χ3v) is 5.06. The first kappa shape index (κ1) is 13.6. The van der Waals surface area contributed by atoms with Crippen molar-refractivity contribution in [3.63, 3.8) is 0 Å². The van der Waals surface area contributed by atoms with E-state index in [1.54, 1.807) is 6.20 Å². The molecule has 0 radical (unpaired) electrons. The van der Waals surface area contributed by atoms with Crippen molar-refractivity contribution in [2.75, 3.05) is 0 Å². The van der Waals surface area contributed by atoms with Gasteiger partial charge in [0.2, 0.25) is 0 Å². The topological polar surface area (TPSA) is 50.9 Å². The molecule has 0 spiro atoms. The molecule has 20 heavy (non-hydrogen) atoms. The van der Waals surface area contributed by atoms with Crippen LogP contribution in [0.5, 0.6) is 0 Å². The van der Waals surface area contributed by atoms with Crippen LogP contribution in [0.4, 0.5) is 0 Å². The number of thioether (sulfide) groups is 1. The fourth-order valence-corrected chi connectivity index (χ4v) is 4.08. The molecule has 0 bridgehead atoms. The third kappa shape index (κ3) is 2.60. The van der Waals surface area contributed by atoms with Gasteiger partial charge in [-0.15, -0.1) is 0 Å². The number of hydrogen-bond donors (Lipinski definition) is 1. The molecule has 0 amide bonds. The Bertz CT molecular complexity index is 576.